The lowest BCUT2D eigenvalue weighted by molar-refractivity contribution is 0.470. The highest BCUT2D eigenvalue weighted by atomic mass is 14.9. The Morgan fingerprint density at radius 2 is 1.79 bits per heavy atom. The summed E-state index contributed by atoms with van der Waals surface area (Å²) in [7, 11) is 0. The van der Waals surface area contributed by atoms with Gasteiger partial charge in [0, 0.05) is 6.54 Å². The lowest BCUT2D eigenvalue weighted by atomic mass is 9.86. The lowest BCUT2D eigenvalue weighted by Crippen LogP contribution is -2.30. The van der Waals surface area contributed by atoms with Crippen molar-refractivity contribution in [1.82, 2.24) is 5.32 Å². The predicted molar refractivity (Wildman–Crippen MR) is 82.4 cm³/mol. The summed E-state index contributed by atoms with van der Waals surface area (Å²) in [6.45, 7) is 9.74. The molecule has 2 rings (SSSR count). The van der Waals surface area contributed by atoms with Gasteiger partial charge in [-0.2, -0.15) is 0 Å². The summed E-state index contributed by atoms with van der Waals surface area (Å²) in [6, 6.07) is 9.05. The van der Waals surface area contributed by atoms with Crippen molar-refractivity contribution < 1.29 is 0 Å². The second kappa shape index (κ2) is 5.64. The molecule has 0 radical (unpaired) electrons. The molecule has 1 aromatic carbocycles. The minimum Gasteiger partial charge on any atom is -0.330 e. The molecule has 106 valence electrons. The van der Waals surface area contributed by atoms with E-state index in [1.807, 2.05) is 0 Å². The van der Waals surface area contributed by atoms with Crippen LogP contribution in [0.25, 0.3) is 0 Å². The number of hydrogen-bond donors (Lipinski definition) is 2. The van der Waals surface area contributed by atoms with E-state index in [0.717, 1.165) is 26.1 Å². The number of nitrogens with one attached hydrogen (secondary N) is 1. The van der Waals surface area contributed by atoms with E-state index in [-0.39, 0.29) is 5.41 Å². The van der Waals surface area contributed by atoms with Gasteiger partial charge in [-0.1, -0.05) is 45.0 Å². The number of hydrogen-bond acceptors (Lipinski definition) is 2. The van der Waals surface area contributed by atoms with Crippen molar-refractivity contribution in [3.8, 4) is 0 Å². The van der Waals surface area contributed by atoms with Crippen molar-refractivity contribution in [3.63, 3.8) is 0 Å². The third-order valence-electron chi connectivity index (χ3n) is 4.30. The third-order valence-corrected chi connectivity index (χ3v) is 4.30. The second-order valence-electron chi connectivity index (χ2n) is 7.08. The maximum absolute atomic E-state index is 5.78. The van der Waals surface area contributed by atoms with Gasteiger partial charge in [-0.05, 0) is 54.3 Å². The van der Waals surface area contributed by atoms with E-state index in [1.165, 1.54) is 24.0 Å². The molecule has 1 fully saturated rings. The van der Waals surface area contributed by atoms with Gasteiger partial charge in [0.2, 0.25) is 0 Å². The number of benzene rings is 1. The number of rotatable bonds is 6. The average molecular weight is 260 g/mol. The van der Waals surface area contributed by atoms with Crippen molar-refractivity contribution >= 4 is 0 Å². The van der Waals surface area contributed by atoms with Crippen molar-refractivity contribution in [2.24, 2.45) is 11.1 Å². The van der Waals surface area contributed by atoms with E-state index in [2.05, 4.69) is 50.4 Å². The van der Waals surface area contributed by atoms with Gasteiger partial charge in [0.25, 0.3) is 0 Å². The smallest absolute Gasteiger partial charge is 0.00200 e. The van der Waals surface area contributed by atoms with Crippen LogP contribution >= 0.6 is 0 Å². The Morgan fingerprint density at radius 3 is 2.26 bits per heavy atom. The molecule has 1 aliphatic carbocycles. The SMILES string of the molecule is CC(C)(C)c1ccc(CCNCC2(CN)CC2)cc1. The topological polar surface area (TPSA) is 38.0 Å². The molecule has 0 aliphatic heterocycles. The molecule has 0 spiro atoms. The zero-order valence-electron chi connectivity index (χ0n) is 12.6. The molecule has 0 amide bonds. The first kappa shape index (κ1) is 14.5. The summed E-state index contributed by atoms with van der Waals surface area (Å²) in [5.41, 5.74) is 9.29. The standard InChI is InChI=1S/C17H28N2/c1-16(2,3)15-6-4-14(5-7-15)8-11-19-13-17(12-18)9-10-17/h4-7,19H,8-13,18H2,1-3H3. The van der Waals surface area contributed by atoms with Gasteiger partial charge in [0.1, 0.15) is 0 Å². The maximum Gasteiger partial charge on any atom is 0.00200 e. The van der Waals surface area contributed by atoms with E-state index >= 15 is 0 Å². The fourth-order valence-corrected chi connectivity index (χ4v) is 2.39. The van der Waals surface area contributed by atoms with Gasteiger partial charge in [-0.15, -0.1) is 0 Å². The zero-order chi connectivity index (χ0) is 13.9. The van der Waals surface area contributed by atoms with Gasteiger partial charge in [0.15, 0.2) is 0 Å². The van der Waals surface area contributed by atoms with Crippen molar-refractivity contribution in [2.45, 2.75) is 45.4 Å². The highest BCUT2D eigenvalue weighted by Gasteiger charge is 2.40. The Kier molecular flexibility index (Phi) is 4.32. The molecule has 19 heavy (non-hydrogen) atoms. The van der Waals surface area contributed by atoms with Crippen LogP contribution in [-0.4, -0.2) is 19.6 Å². The average Bonchev–Trinajstić information content (AvgIpc) is 3.15. The van der Waals surface area contributed by atoms with Gasteiger partial charge >= 0.3 is 0 Å². The van der Waals surface area contributed by atoms with E-state index in [1.54, 1.807) is 0 Å². The maximum atomic E-state index is 5.78. The highest BCUT2D eigenvalue weighted by molar-refractivity contribution is 5.27. The fraction of sp³-hybridized carbons (Fsp3) is 0.647. The van der Waals surface area contributed by atoms with Gasteiger partial charge in [0.05, 0.1) is 0 Å². The van der Waals surface area contributed by atoms with Gasteiger partial charge < -0.3 is 11.1 Å². The first-order valence-corrected chi connectivity index (χ1v) is 7.45. The molecule has 1 aromatic rings. The summed E-state index contributed by atoms with van der Waals surface area (Å²) in [5, 5.41) is 3.55. The van der Waals surface area contributed by atoms with Crippen LogP contribution in [0.15, 0.2) is 24.3 Å². The molecule has 2 nitrogen and oxygen atoms in total. The van der Waals surface area contributed by atoms with Gasteiger partial charge in [-0.25, -0.2) is 0 Å². The predicted octanol–water partition coefficient (Wildman–Crippen LogP) is 2.86. The molecule has 0 heterocycles. The molecular formula is C17H28N2. The third kappa shape index (κ3) is 4.05. The lowest BCUT2D eigenvalue weighted by Gasteiger charge is -2.19. The Bertz CT molecular complexity index is 396. The molecule has 0 unspecified atom stereocenters. The molecule has 0 bridgehead atoms. The highest BCUT2D eigenvalue weighted by Crippen LogP contribution is 2.43. The fourth-order valence-electron chi connectivity index (χ4n) is 2.39. The van der Waals surface area contributed by atoms with Crippen molar-refractivity contribution in [1.29, 1.82) is 0 Å². The molecule has 2 heteroatoms. The monoisotopic (exact) mass is 260 g/mol. The van der Waals surface area contributed by atoms with Gasteiger partial charge in [-0.3, -0.25) is 0 Å². The molecular weight excluding hydrogens is 232 g/mol. The molecule has 0 aromatic heterocycles. The Morgan fingerprint density at radius 1 is 1.16 bits per heavy atom. The first-order chi connectivity index (χ1) is 8.95. The normalized spacial score (nSPS) is 17.5. The minimum absolute atomic E-state index is 0.246. The quantitative estimate of drug-likeness (QED) is 0.772. The Hall–Kier alpha value is -0.860. The number of nitrogens with two attached hydrogens (primary N) is 1. The zero-order valence-corrected chi connectivity index (χ0v) is 12.6. The van der Waals surface area contributed by atoms with Crippen LogP contribution in [0, 0.1) is 5.41 Å². The summed E-state index contributed by atoms with van der Waals surface area (Å²) in [6.07, 6.45) is 3.71. The van der Waals surface area contributed by atoms with Crippen LogP contribution in [0.3, 0.4) is 0 Å². The summed E-state index contributed by atoms with van der Waals surface area (Å²) < 4.78 is 0. The van der Waals surface area contributed by atoms with Crippen LogP contribution < -0.4 is 11.1 Å². The molecule has 1 saturated carbocycles. The molecule has 1 aliphatic rings. The van der Waals surface area contributed by atoms with Crippen molar-refractivity contribution in [3.05, 3.63) is 35.4 Å². The van der Waals surface area contributed by atoms with E-state index in [4.69, 9.17) is 5.73 Å². The second-order valence-corrected chi connectivity index (χ2v) is 7.08. The molecule has 0 saturated heterocycles. The van der Waals surface area contributed by atoms with Crippen LogP contribution in [0.1, 0.15) is 44.7 Å². The molecule has 3 N–H and O–H groups in total. The first-order valence-electron chi connectivity index (χ1n) is 7.45. The molecule has 0 atom stereocenters. The van der Waals surface area contributed by atoms with E-state index in [0.29, 0.717) is 5.41 Å². The largest absolute Gasteiger partial charge is 0.330 e. The van der Waals surface area contributed by atoms with Crippen LogP contribution in [0.5, 0.6) is 0 Å². The van der Waals surface area contributed by atoms with E-state index < -0.39 is 0 Å². The summed E-state index contributed by atoms with van der Waals surface area (Å²) in [4.78, 5) is 0. The summed E-state index contributed by atoms with van der Waals surface area (Å²) in [5.74, 6) is 0. The minimum atomic E-state index is 0.246. The van der Waals surface area contributed by atoms with Crippen molar-refractivity contribution in [2.75, 3.05) is 19.6 Å². The van der Waals surface area contributed by atoms with Crippen LogP contribution in [0.2, 0.25) is 0 Å². The van der Waals surface area contributed by atoms with Crippen LogP contribution in [-0.2, 0) is 11.8 Å². The Labute approximate surface area is 117 Å². The van der Waals surface area contributed by atoms with Crippen LogP contribution in [0.4, 0.5) is 0 Å². The Balaban J connectivity index is 1.74. The van der Waals surface area contributed by atoms with E-state index in [9.17, 15) is 0 Å². The summed E-state index contributed by atoms with van der Waals surface area (Å²) >= 11 is 0.